The maximum absolute atomic E-state index is 12.3. The number of ether oxygens (including phenoxy) is 1. The zero-order valence-electron chi connectivity index (χ0n) is 15.6. The van der Waals surface area contributed by atoms with Crippen LogP contribution in [0.3, 0.4) is 0 Å². The summed E-state index contributed by atoms with van der Waals surface area (Å²) in [6, 6.07) is 10.0. The van der Waals surface area contributed by atoms with Crippen molar-refractivity contribution in [3.8, 4) is 5.75 Å². The highest BCUT2D eigenvalue weighted by molar-refractivity contribution is 6.01. The molecule has 10 heteroatoms. The maximum Gasteiger partial charge on any atom is 0.573 e. The van der Waals surface area contributed by atoms with Gasteiger partial charge in [-0.25, -0.2) is 0 Å². The summed E-state index contributed by atoms with van der Waals surface area (Å²) in [5, 5.41) is 6.71. The van der Waals surface area contributed by atoms with Gasteiger partial charge in [0.05, 0.1) is 6.54 Å². The van der Waals surface area contributed by atoms with Gasteiger partial charge in [-0.3, -0.25) is 14.3 Å². The Balaban J connectivity index is 1.57. The van der Waals surface area contributed by atoms with E-state index in [9.17, 15) is 22.8 Å². The summed E-state index contributed by atoms with van der Waals surface area (Å²) in [6.07, 6.45) is -0.659. The molecule has 0 spiro atoms. The van der Waals surface area contributed by atoms with Crippen molar-refractivity contribution in [3.63, 3.8) is 0 Å². The molecule has 0 saturated heterocycles. The van der Waals surface area contributed by atoms with E-state index in [1.165, 1.54) is 29.8 Å². The number of anilines is 1. The number of Topliss-reactive ketones (excluding diaryl/α,β-unsaturated/α-hetero) is 1. The molecule has 3 aromatic rings. The second-order valence-corrected chi connectivity index (χ2v) is 6.16. The highest BCUT2D eigenvalue weighted by Gasteiger charge is 2.31. The van der Waals surface area contributed by atoms with Crippen LogP contribution in [-0.4, -0.2) is 27.8 Å². The van der Waals surface area contributed by atoms with Gasteiger partial charge in [-0.2, -0.15) is 5.10 Å². The van der Waals surface area contributed by atoms with Crippen molar-refractivity contribution in [2.45, 2.75) is 19.8 Å². The van der Waals surface area contributed by atoms with Crippen molar-refractivity contribution in [1.82, 2.24) is 9.78 Å². The zero-order valence-corrected chi connectivity index (χ0v) is 15.6. The van der Waals surface area contributed by atoms with Gasteiger partial charge in [0.2, 0.25) is 5.91 Å². The van der Waals surface area contributed by atoms with E-state index >= 15 is 0 Å². The molecule has 0 atom stereocenters. The van der Waals surface area contributed by atoms with Crippen LogP contribution in [0.1, 0.15) is 28.8 Å². The van der Waals surface area contributed by atoms with Crippen LogP contribution >= 0.6 is 0 Å². The fraction of sp³-hybridized carbons (Fsp3) is 0.150. The molecule has 30 heavy (non-hydrogen) atoms. The van der Waals surface area contributed by atoms with E-state index in [2.05, 4.69) is 15.2 Å². The number of amides is 1. The number of carbonyl (C=O) groups is 2. The monoisotopic (exact) mass is 419 g/mol. The molecular formula is C20H16F3N3O4. The molecule has 0 unspecified atom stereocenters. The Hall–Kier alpha value is -3.82. The molecule has 0 saturated carbocycles. The summed E-state index contributed by atoms with van der Waals surface area (Å²) in [5.41, 5.74) is 0.358. The van der Waals surface area contributed by atoms with Crippen LogP contribution < -0.4 is 10.1 Å². The molecular weight excluding hydrogens is 403 g/mol. The second-order valence-electron chi connectivity index (χ2n) is 6.16. The third-order valence-corrected chi connectivity index (χ3v) is 3.74. The van der Waals surface area contributed by atoms with E-state index in [4.69, 9.17) is 4.42 Å². The first kappa shape index (κ1) is 20.9. The van der Waals surface area contributed by atoms with Crippen molar-refractivity contribution < 1.29 is 31.9 Å². The lowest BCUT2D eigenvalue weighted by Gasteiger charge is -2.08. The average molecular weight is 419 g/mol. The van der Waals surface area contributed by atoms with Gasteiger partial charge < -0.3 is 14.5 Å². The quantitative estimate of drug-likeness (QED) is 0.456. The number of rotatable bonds is 7. The molecule has 0 aliphatic rings. The minimum Gasteiger partial charge on any atom is -0.456 e. The third-order valence-electron chi connectivity index (χ3n) is 3.74. The minimum atomic E-state index is -4.79. The Labute approximate surface area is 168 Å². The number of nitrogens with one attached hydrogen (secondary N) is 1. The first-order valence-electron chi connectivity index (χ1n) is 8.66. The van der Waals surface area contributed by atoms with E-state index in [0.717, 1.165) is 18.2 Å². The van der Waals surface area contributed by atoms with Gasteiger partial charge in [-0.1, -0.05) is 12.1 Å². The highest BCUT2D eigenvalue weighted by atomic mass is 19.4. The minimum absolute atomic E-state index is 0.183. The van der Waals surface area contributed by atoms with Crippen LogP contribution in [0.5, 0.6) is 5.75 Å². The molecule has 2 heterocycles. The van der Waals surface area contributed by atoms with E-state index in [-0.39, 0.29) is 29.7 Å². The first-order chi connectivity index (χ1) is 14.2. The van der Waals surface area contributed by atoms with Gasteiger partial charge in [0, 0.05) is 25.3 Å². The van der Waals surface area contributed by atoms with Crippen LogP contribution in [0, 0.1) is 0 Å². The fourth-order valence-electron chi connectivity index (χ4n) is 2.48. The van der Waals surface area contributed by atoms with Gasteiger partial charge in [-0.15, -0.1) is 13.2 Å². The number of alkyl halides is 3. The normalized spacial score (nSPS) is 11.6. The lowest BCUT2D eigenvalue weighted by Crippen LogP contribution is -2.17. The number of nitrogens with zero attached hydrogens (tertiary/aromatic N) is 2. The number of ketones is 1. The molecule has 2 aromatic heterocycles. The number of aromatic nitrogens is 2. The predicted octanol–water partition coefficient (Wildman–Crippen LogP) is 4.28. The third kappa shape index (κ3) is 6.09. The highest BCUT2D eigenvalue weighted by Crippen LogP contribution is 2.23. The number of hydrogen-bond acceptors (Lipinski definition) is 5. The van der Waals surface area contributed by atoms with Crippen molar-refractivity contribution in [3.05, 3.63) is 71.8 Å². The van der Waals surface area contributed by atoms with Crippen molar-refractivity contribution >= 4 is 23.6 Å². The Morgan fingerprint density at radius 1 is 1.23 bits per heavy atom. The molecule has 0 radical (unpaired) electrons. The molecule has 1 aromatic carbocycles. The van der Waals surface area contributed by atoms with E-state index < -0.39 is 12.3 Å². The summed E-state index contributed by atoms with van der Waals surface area (Å²) in [5.74, 6) is -0.0226. The van der Waals surface area contributed by atoms with Gasteiger partial charge in [0.25, 0.3) is 0 Å². The first-order valence-corrected chi connectivity index (χ1v) is 8.66. The Bertz CT molecular complexity index is 1080. The zero-order chi connectivity index (χ0) is 21.7. The Kier molecular flexibility index (Phi) is 6.05. The molecule has 1 amide bonds. The molecule has 0 bridgehead atoms. The summed E-state index contributed by atoms with van der Waals surface area (Å²) in [4.78, 5) is 23.3. The Morgan fingerprint density at radius 3 is 2.73 bits per heavy atom. The number of halogens is 3. The van der Waals surface area contributed by atoms with Gasteiger partial charge in [-0.05, 0) is 35.9 Å². The summed E-state index contributed by atoms with van der Waals surface area (Å²) < 4.78 is 47.5. The number of furan rings is 1. The summed E-state index contributed by atoms with van der Waals surface area (Å²) in [7, 11) is 0. The molecule has 1 N–H and O–H groups in total. The van der Waals surface area contributed by atoms with Crippen LogP contribution in [0.15, 0.2) is 59.2 Å². The Morgan fingerprint density at radius 2 is 2.03 bits per heavy atom. The fourth-order valence-corrected chi connectivity index (χ4v) is 2.48. The van der Waals surface area contributed by atoms with Gasteiger partial charge in [0.15, 0.2) is 17.4 Å². The van der Waals surface area contributed by atoms with Crippen LogP contribution in [0.2, 0.25) is 0 Å². The van der Waals surface area contributed by atoms with Gasteiger partial charge >= 0.3 is 6.36 Å². The van der Waals surface area contributed by atoms with E-state index in [1.54, 1.807) is 24.4 Å². The number of benzene rings is 1. The second kappa shape index (κ2) is 8.68. The van der Waals surface area contributed by atoms with Crippen molar-refractivity contribution in [2.75, 3.05) is 5.32 Å². The van der Waals surface area contributed by atoms with Crippen molar-refractivity contribution in [2.24, 2.45) is 0 Å². The molecule has 0 fully saturated rings. The molecule has 7 nitrogen and oxygen atoms in total. The lowest BCUT2D eigenvalue weighted by molar-refractivity contribution is -0.274. The van der Waals surface area contributed by atoms with E-state index in [0.29, 0.717) is 11.3 Å². The van der Waals surface area contributed by atoms with E-state index in [1.807, 2.05) is 0 Å². The van der Waals surface area contributed by atoms with Crippen LogP contribution in [0.4, 0.5) is 19.0 Å². The average Bonchev–Trinajstić information content (AvgIpc) is 3.29. The molecule has 0 aliphatic carbocycles. The molecule has 0 aliphatic heterocycles. The lowest BCUT2D eigenvalue weighted by atomic mass is 10.2. The largest absolute Gasteiger partial charge is 0.573 e. The molecule has 3 rings (SSSR count). The summed E-state index contributed by atoms with van der Waals surface area (Å²) >= 11 is 0. The van der Waals surface area contributed by atoms with Crippen LogP contribution in [-0.2, 0) is 11.3 Å². The predicted molar refractivity (Wildman–Crippen MR) is 101 cm³/mol. The smallest absolute Gasteiger partial charge is 0.456 e. The van der Waals surface area contributed by atoms with Gasteiger partial charge in [0.1, 0.15) is 11.5 Å². The number of hydrogen-bond donors (Lipinski definition) is 1. The number of carbonyl (C=O) groups excluding carboxylic acids is 2. The van der Waals surface area contributed by atoms with Crippen molar-refractivity contribution in [1.29, 1.82) is 0 Å². The van der Waals surface area contributed by atoms with Crippen LogP contribution in [0.25, 0.3) is 6.08 Å². The summed E-state index contributed by atoms with van der Waals surface area (Å²) in [6.45, 7) is 1.67. The topological polar surface area (TPSA) is 86.4 Å². The SMILES string of the molecule is CC(=O)c1ccc(Cn2ccc(NC(=O)/C=C\c3cccc(OC(F)(F)F)c3)n2)o1. The molecule has 156 valence electrons. The maximum atomic E-state index is 12.3. The standard InChI is InChI=1S/C20H16F3N3O4/c1-13(27)17-7-6-16(29-17)12-26-10-9-18(25-26)24-19(28)8-5-14-3-2-4-15(11-14)30-20(21,22)23/h2-11H,12H2,1H3,(H,24,25,28)/b8-5-.